The summed E-state index contributed by atoms with van der Waals surface area (Å²) in [5.74, 6) is -1.04. The van der Waals surface area contributed by atoms with Gasteiger partial charge in [-0.05, 0) is 21.3 Å². The molecule has 0 aliphatic carbocycles. The summed E-state index contributed by atoms with van der Waals surface area (Å²) in [5.41, 5.74) is 16.3. The van der Waals surface area contributed by atoms with E-state index in [4.69, 9.17) is 11.1 Å². The smallest absolute Gasteiger partial charge is 0.262 e. The van der Waals surface area contributed by atoms with E-state index in [1.54, 1.807) is 0 Å². The first-order valence-corrected chi connectivity index (χ1v) is 3.62. The van der Waals surface area contributed by atoms with Crippen LogP contribution in [0.2, 0.25) is 0 Å². The zero-order valence-electron chi connectivity index (χ0n) is 7.50. The molecule has 16 heavy (non-hydrogen) atoms. The van der Waals surface area contributed by atoms with Crippen LogP contribution < -0.4 is 0 Å². The van der Waals surface area contributed by atoms with Gasteiger partial charge in [0.25, 0.3) is 6.54 Å². The van der Waals surface area contributed by atoms with Crippen LogP contribution in [-0.4, -0.2) is 19.9 Å². The lowest BCUT2D eigenvalue weighted by molar-refractivity contribution is -0.498. The Balaban J connectivity index is 3.22. The van der Waals surface area contributed by atoms with Crippen LogP contribution in [0, 0.1) is 10.1 Å². The summed E-state index contributed by atoms with van der Waals surface area (Å²) in [6.07, 6.45) is 0. The number of aromatic nitrogens is 3. The molecule has 12 nitrogen and oxygen atoms in total. The Bertz CT molecular complexity index is 475. The predicted molar refractivity (Wildman–Crippen MR) is 48.1 cm³/mol. The van der Waals surface area contributed by atoms with Gasteiger partial charge in [-0.15, -0.1) is 0 Å². The van der Waals surface area contributed by atoms with Crippen molar-refractivity contribution in [1.29, 1.82) is 0 Å². The third-order valence-corrected chi connectivity index (χ3v) is 1.20. The average Bonchev–Trinajstić information content (AvgIpc) is 2.17. The molecule has 0 N–H and O–H groups in total. The van der Waals surface area contributed by atoms with Crippen LogP contribution >= 0.6 is 0 Å². The van der Waals surface area contributed by atoms with Crippen molar-refractivity contribution in [1.82, 2.24) is 15.0 Å². The van der Waals surface area contributed by atoms with Gasteiger partial charge < -0.3 is 0 Å². The van der Waals surface area contributed by atoms with Crippen LogP contribution in [0.4, 0.5) is 11.9 Å². The summed E-state index contributed by atoms with van der Waals surface area (Å²) in [4.78, 5) is 24.7. The molecule has 0 aliphatic heterocycles. The molecule has 0 aliphatic rings. The average molecular weight is 222 g/mol. The molecule has 1 rings (SSSR count). The van der Waals surface area contributed by atoms with Gasteiger partial charge in [0.2, 0.25) is 17.7 Å². The molecular weight excluding hydrogens is 220 g/mol. The molecule has 1 aromatic heterocycles. The van der Waals surface area contributed by atoms with Crippen LogP contribution in [0.15, 0.2) is 10.2 Å². The van der Waals surface area contributed by atoms with Gasteiger partial charge in [-0.1, -0.05) is 0 Å². The Kier molecular flexibility index (Phi) is 3.50. The zero-order chi connectivity index (χ0) is 12.0. The fourth-order valence-electron chi connectivity index (χ4n) is 0.751. The van der Waals surface area contributed by atoms with Gasteiger partial charge in [-0.25, -0.2) is 15.0 Å². The maximum Gasteiger partial charge on any atom is 0.262 e. The van der Waals surface area contributed by atoms with Gasteiger partial charge >= 0.3 is 0 Å². The minimum Gasteiger partial charge on any atom is -0.264 e. The van der Waals surface area contributed by atoms with E-state index in [2.05, 4.69) is 35.0 Å². The van der Waals surface area contributed by atoms with Crippen molar-refractivity contribution in [3.63, 3.8) is 0 Å². The van der Waals surface area contributed by atoms with Gasteiger partial charge in [0.15, 0.2) is 0 Å². The van der Waals surface area contributed by atoms with E-state index in [0.29, 0.717) is 0 Å². The predicted octanol–water partition coefficient (Wildman–Crippen LogP) is 1.53. The second-order valence-electron chi connectivity index (χ2n) is 2.22. The number of nitro groups is 1. The fraction of sp³-hybridized carbons (Fsp3) is 0.250. The first-order chi connectivity index (χ1) is 7.65. The first-order valence-electron chi connectivity index (χ1n) is 3.62. The van der Waals surface area contributed by atoms with Crippen LogP contribution in [0.1, 0.15) is 5.82 Å². The topological polar surface area (TPSA) is 179 Å². The van der Waals surface area contributed by atoms with Crippen molar-refractivity contribution in [2.45, 2.75) is 6.54 Å². The van der Waals surface area contributed by atoms with Crippen molar-refractivity contribution in [2.24, 2.45) is 10.2 Å². The van der Waals surface area contributed by atoms with Crippen molar-refractivity contribution >= 4 is 11.9 Å². The molecule has 1 aromatic rings. The van der Waals surface area contributed by atoms with E-state index in [9.17, 15) is 10.1 Å². The van der Waals surface area contributed by atoms with E-state index in [0.717, 1.165) is 0 Å². The summed E-state index contributed by atoms with van der Waals surface area (Å²) in [6, 6.07) is 0. The molecule has 0 aromatic carbocycles. The molecule has 0 radical (unpaired) electrons. The van der Waals surface area contributed by atoms with Crippen LogP contribution in [0.25, 0.3) is 20.9 Å². The highest BCUT2D eigenvalue weighted by Crippen LogP contribution is 2.11. The number of hydrogen-bond donors (Lipinski definition) is 0. The normalized spacial score (nSPS) is 8.75. The standard InChI is InChI=1S/C4H2N10O2/c5-12-10-3-7-2(1-14(15)16)8-4(9-3)11-13-6/h1H2. The first kappa shape index (κ1) is 11.1. The third kappa shape index (κ3) is 3.06. The van der Waals surface area contributed by atoms with Gasteiger partial charge in [0.1, 0.15) is 0 Å². The van der Waals surface area contributed by atoms with E-state index >= 15 is 0 Å². The van der Waals surface area contributed by atoms with Crippen molar-refractivity contribution in [3.8, 4) is 0 Å². The maximum absolute atomic E-state index is 10.2. The van der Waals surface area contributed by atoms with Gasteiger partial charge in [-0.2, -0.15) is 0 Å². The lowest BCUT2D eigenvalue weighted by atomic mass is 10.6. The molecular formula is C4H2N10O2. The third-order valence-electron chi connectivity index (χ3n) is 1.20. The van der Waals surface area contributed by atoms with E-state index in [-0.39, 0.29) is 5.82 Å². The highest BCUT2D eigenvalue weighted by Gasteiger charge is 2.09. The number of nitrogens with zero attached hydrogens (tertiary/aromatic N) is 10. The molecule has 12 heteroatoms. The summed E-state index contributed by atoms with van der Waals surface area (Å²) in [7, 11) is 0. The molecule has 0 bridgehead atoms. The monoisotopic (exact) mass is 222 g/mol. The highest BCUT2D eigenvalue weighted by molar-refractivity contribution is 5.24. The molecule has 0 saturated carbocycles. The maximum atomic E-state index is 10.2. The van der Waals surface area contributed by atoms with Crippen molar-refractivity contribution in [3.05, 3.63) is 36.8 Å². The Morgan fingerprint density at radius 2 is 1.69 bits per heavy atom. The summed E-state index contributed by atoms with van der Waals surface area (Å²) in [6.45, 7) is -0.690. The molecule has 0 spiro atoms. The Hall–Kier alpha value is -2.97. The summed E-state index contributed by atoms with van der Waals surface area (Å²) in [5, 5.41) is 16.3. The van der Waals surface area contributed by atoms with Crippen molar-refractivity contribution < 1.29 is 4.92 Å². The lowest BCUT2D eigenvalue weighted by Crippen LogP contribution is -2.04. The van der Waals surface area contributed by atoms with E-state index in [1.165, 1.54) is 0 Å². The van der Waals surface area contributed by atoms with E-state index in [1.807, 2.05) is 0 Å². The van der Waals surface area contributed by atoms with Crippen molar-refractivity contribution in [2.75, 3.05) is 0 Å². The summed E-state index contributed by atoms with van der Waals surface area (Å²) >= 11 is 0. The number of azide groups is 2. The van der Waals surface area contributed by atoms with Gasteiger partial charge in [0.05, 0.1) is 0 Å². The summed E-state index contributed by atoms with van der Waals surface area (Å²) < 4.78 is 0. The Morgan fingerprint density at radius 3 is 2.06 bits per heavy atom. The second kappa shape index (κ2) is 5.05. The minimum atomic E-state index is -0.690. The fourth-order valence-corrected chi connectivity index (χ4v) is 0.751. The number of hydrogen-bond acceptors (Lipinski definition) is 7. The van der Waals surface area contributed by atoms with Crippen LogP contribution in [0.5, 0.6) is 0 Å². The molecule has 80 valence electrons. The van der Waals surface area contributed by atoms with Crippen LogP contribution in [-0.2, 0) is 6.54 Å². The zero-order valence-corrected chi connectivity index (χ0v) is 7.50. The molecule has 0 fully saturated rings. The highest BCUT2D eigenvalue weighted by atomic mass is 16.6. The largest absolute Gasteiger partial charge is 0.264 e. The molecule has 0 atom stereocenters. The lowest BCUT2D eigenvalue weighted by Gasteiger charge is -1.96. The minimum absolute atomic E-state index is 0.259. The van der Waals surface area contributed by atoms with Gasteiger partial charge in [-0.3, -0.25) is 10.1 Å². The Labute approximate surface area is 86.4 Å². The van der Waals surface area contributed by atoms with Gasteiger partial charge in [0, 0.05) is 14.7 Å². The molecule has 0 saturated heterocycles. The number of rotatable bonds is 4. The molecule has 0 unspecified atom stereocenters. The van der Waals surface area contributed by atoms with Crippen LogP contribution in [0.3, 0.4) is 0 Å². The Morgan fingerprint density at radius 1 is 1.19 bits per heavy atom. The molecule has 0 amide bonds. The van der Waals surface area contributed by atoms with E-state index < -0.39 is 23.4 Å². The quantitative estimate of drug-likeness (QED) is 0.245. The molecule has 1 heterocycles. The SMILES string of the molecule is [N-]=[N+]=Nc1nc(C[N+](=O)[O-])nc(N=[N+]=[N-])n1. The second-order valence-corrected chi connectivity index (χ2v) is 2.22.